The predicted molar refractivity (Wildman–Crippen MR) is 128 cm³/mol. The summed E-state index contributed by atoms with van der Waals surface area (Å²) in [6.45, 7) is 5.32. The van der Waals surface area contributed by atoms with Gasteiger partial charge < -0.3 is 20.3 Å². The maximum Gasteiger partial charge on any atom is 0.296 e. The first-order valence-corrected chi connectivity index (χ1v) is 12.0. The number of hydrogen-bond acceptors (Lipinski definition) is 7. The Bertz CT molecular complexity index is 1120. The van der Waals surface area contributed by atoms with Crippen LogP contribution in [0, 0.1) is 0 Å². The molecule has 2 fully saturated rings. The average Bonchev–Trinajstić information content (AvgIpc) is 3.26. The number of halogens is 2. The summed E-state index contributed by atoms with van der Waals surface area (Å²) in [6.07, 6.45) is 1.17. The lowest BCUT2D eigenvalue weighted by Crippen LogP contribution is -2.42. The SMILES string of the molecule is CCN(c1cc(-n2c(C(F)F)nc3ccccc32)nc(N2CCOCC2)n1)C1CCC(N)CC1. The van der Waals surface area contributed by atoms with Crippen LogP contribution in [0.2, 0.25) is 0 Å². The summed E-state index contributed by atoms with van der Waals surface area (Å²) in [5.41, 5.74) is 7.25. The first-order valence-electron chi connectivity index (χ1n) is 12.0. The number of rotatable bonds is 6. The quantitative estimate of drug-likeness (QED) is 0.587. The molecule has 1 aromatic carbocycles. The lowest BCUT2D eigenvalue weighted by atomic mass is 9.90. The van der Waals surface area contributed by atoms with Crippen LogP contribution in [-0.2, 0) is 4.74 Å². The van der Waals surface area contributed by atoms with Crippen molar-refractivity contribution < 1.29 is 13.5 Å². The number of alkyl halides is 2. The summed E-state index contributed by atoms with van der Waals surface area (Å²) < 4.78 is 35.1. The second-order valence-electron chi connectivity index (χ2n) is 8.93. The Morgan fingerprint density at radius 1 is 1.09 bits per heavy atom. The molecule has 10 heteroatoms. The summed E-state index contributed by atoms with van der Waals surface area (Å²) in [5.74, 6) is 1.36. The van der Waals surface area contributed by atoms with Crippen molar-refractivity contribution in [1.82, 2.24) is 19.5 Å². The summed E-state index contributed by atoms with van der Waals surface area (Å²) >= 11 is 0. The molecule has 0 radical (unpaired) electrons. The number of aromatic nitrogens is 4. The number of para-hydroxylation sites is 2. The lowest BCUT2D eigenvalue weighted by molar-refractivity contribution is 0.122. The van der Waals surface area contributed by atoms with Gasteiger partial charge in [0.05, 0.1) is 24.2 Å². The molecule has 3 aromatic rings. The molecule has 3 heterocycles. The standard InChI is InChI=1S/C24H31F2N7O/c1-2-32(17-9-7-16(27)8-10-17)20-15-21(30-24(29-20)31-11-13-34-14-12-31)33-19-6-4-3-5-18(19)28-23(33)22(25)26/h3-6,15-17,22H,2,7-14,27H2,1H3. The van der Waals surface area contributed by atoms with Gasteiger partial charge in [-0.2, -0.15) is 9.97 Å². The predicted octanol–water partition coefficient (Wildman–Crippen LogP) is 3.69. The van der Waals surface area contributed by atoms with E-state index < -0.39 is 6.43 Å². The van der Waals surface area contributed by atoms with Gasteiger partial charge >= 0.3 is 0 Å². The van der Waals surface area contributed by atoms with E-state index in [4.69, 9.17) is 20.4 Å². The van der Waals surface area contributed by atoms with E-state index in [0.717, 1.165) is 38.0 Å². The van der Waals surface area contributed by atoms with E-state index in [1.54, 1.807) is 18.2 Å². The van der Waals surface area contributed by atoms with Gasteiger partial charge in [0.2, 0.25) is 5.95 Å². The number of morpholine rings is 1. The third-order valence-corrected chi connectivity index (χ3v) is 6.81. The van der Waals surface area contributed by atoms with Gasteiger partial charge in [0.1, 0.15) is 11.6 Å². The van der Waals surface area contributed by atoms with Crippen LogP contribution in [0.3, 0.4) is 0 Å². The third kappa shape index (κ3) is 4.44. The molecule has 1 saturated heterocycles. The van der Waals surface area contributed by atoms with Crippen molar-refractivity contribution in [3.8, 4) is 5.82 Å². The number of imidazole rings is 1. The van der Waals surface area contributed by atoms with E-state index in [9.17, 15) is 8.78 Å². The maximum atomic E-state index is 14.1. The number of benzene rings is 1. The van der Waals surface area contributed by atoms with E-state index in [1.165, 1.54) is 4.57 Å². The second-order valence-corrected chi connectivity index (χ2v) is 8.93. The van der Waals surface area contributed by atoms with Crippen LogP contribution < -0.4 is 15.5 Å². The molecule has 0 unspecified atom stereocenters. The highest BCUT2D eigenvalue weighted by molar-refractivity contribution is 5.78. The Kier molecular flexibility index (Phi) is 6.60. The molecule has 2 N–H and O–H groups in total. The molecule has 5 rings (SSSR count). The van der Waals surface area contributed by atoms with Crippen molar-refractivity contribution in [3.63, 3.8) is 0 Å². The molecule has 2 aromatic heterocycles. The third-order valence-electron chi connectivity index (χ3n) is 6.81. The highest BCUT2D eigenvalue weighted by atomic mass is 19.3. The number of nitrogens with zero attached hydrogens (tertiary/aromatic N) is 6. The van der Waals surface area contributed by atoms with Gasteiger partial charge in [-0.1, -0.05) is 12.1 Å². The lowest BCUT2D eigenvalue weighted by Gasteiger charge is -2.37. The molecule has 0 bridgehead atoms. The van der Waals surface area contributed by atoms with E-state index in [0.29, 0.717) is 55.1 Å². The van der Waals surface area contributed by atoms with Crippen LogP contribution in [0.25, 0.3) is 16.9 Å². The summed E-state index contributed by atoms with van der Waals surface area (Å²) in [5, 5.41) is 0. The van der Waals surface area contributed by atoms with E-state index in [-0.39, 0.29) is 11.9 Å². The molecule has 0 spiro atoms. The van der Waals surface area contributed by atoms with Gasteiger partial charge in [-0.15, -0.1) is 0 Å². The normalized spacial score (nSPS) is 21.4. The summed E-state index contributed by atoms with van der Waals surface area (Å²) in [6, 6.07) is 9.53. The minimum absolute atomic E-state index is 0.241. The van der Waals surface area contributed by atoms with Crippen molar-refractivity contribution in [2.45, 2.75) is 51.1 Å². The fraction of sp³-hybridized carbons (Fsp3) is 0.542. The van der Waals surface area contributed by atoms with Gasteiger partial charge in [0.15, 0.2) is 5.82 Å². The Labute approximate surface area is 197 Å². The Morgan fingerprint density at radius 3 is 2.53 bits per heavy atom. The zero-order chi connectivity index (χ0) is 23.7. The first-order chi connectivity index (χ1) is 16.5. The summed E-state index contributed by atoms with van der Waals surface area (Å²) in [7, 11) is 0. The van der Waals surface area contributed by atoms with Gasteiger partial charge in [0.25, 0.3) is 6.43 Å². The number of hydrogen-bond donors (Lipinski definition) is 1. The van der Waals surface area contributed by atoms with E-state index in [2.05, 4.69) is 21.7 Å². The largest absolute Gasteiger partial charge is 0.378 e. The number of anilines is 2. The first kappa shape index (κ1) is 22.9. The average molecular weight is 472 g/mol. The Morgan fingerprint density at radius 2 is 1.82 bits per heavy atom. The van der Waals surface area contributed by atoms with Crippen LogP contribution in [0.1, 0.15) is 44.9 Å². The van der Waals surface area contributed by atoms with Gasteiger partial charge in [0, 0.05) is 37.8 Å². The van der Waals surface area contributed by atoms with Crippen molar-refractivity contribution in [1.29, 1.82) is 0 Å². The van der Waals surface area contributed by atoms with Crippen LogP contribution in [0.5, 0.6) is 0 Å². The zero-order valence-electron chi connectivity index (χ0n) is 19.4. The minimum Gasteiger partial charge on any atom is -0.378 e. The van der Waals surface area contributed by atoms with Crippen molar-refractivity contribution in [3.05, 3.63) is 36.2 Å². The fourth-order valence-electron chi connectivity index (χ4n) is 5.03. The summed E-state index contributed by atoms with van der Waals surface area (Å²) in [4.78, 5) is 18.2. The van der Waals surface area contributed by atoms with Crippen molar-refractivity contribution in [2.75, 3.05) is 42.6 Å². The molecule has 1 aliphatic heterocycles. The van der Waals surface area contributed by atoms with Crippen LogP contribution >= 0.6 is 0 Å². The van der Waals surface area contributed by atoms with Crippen LogP contribution in [0.4, 0.5) is 20.5 Å². The molecular weight excluding hydrogens is 440 g/mol. The minimum atomic E-state index is -2.74. The van der Waals surface area contributed by atoms with Crippen molar-refractivity contribution in [2.24, 2.45) is 5.73 Å². The monoisotopic (exact) mass is 471 g/mol. The van der Waals surface area contributed by atoms with Crippen LogP contribution in [-0.4, -0.2) is 64.5 Å². The molecular formula is C24H31F2N7O. The molecule has 0 atom stereocenters. The highest BCUT2D eigenvalue weighted by Gasteiger charge is 2.28. The topological polar surface area (TPSA) is 85.3 Å². The molecule has 1 saturated carbocycles. The number of ether oxygens (including phenoxy) is 1. The smallest absolute Gasteiger partial charge is 0.296 e. The van der Waals surface area contributed by atoms with E-state index in [1.807, 2.05) is 12.1 Å². The zero-order valence-corrected chi connectivity index (χ0v) is 19.4. The van der Waals surface area contributed by atoms with Gasteiger partial charge in [-0.05, 0) is 44.7 Å². The molecule has 182 valence electrons. The molecule has 2 aliphatic rings. The number of nitrogens with two attached hydrogens (primary N) is 1. The molecule has 34 heavy (non-hydrogen) atoms. The second kappa shape index (κ2) is 9.79. The Balaban J connectivity index is 1.64. The highest BCUT2D eigenvalue weighted by Crippen LogP contribution is 2.32. The molecule has 1 aliphatic carbocycles. The van der Waals surface area contributed by atoms with Gasteiger partial charge in [-0.3, -0.25) is 4.57 Å². The van der Waals surface area contributed by atoms with Gasteiger partial charge in [-0.25, -0.2) is 13.8 Å². The Hall–Kier alpha value is -2.85. The van der Waals surface area contributed by atoms with E-state index >= 15 is 0 Å². The van der Waals surface area contributed by atoms with Crippen LogP contribution in [0.15, 0.2) is 30.3 Å². The molecule has 8 nitrogen and oxygen atoms in total. The maximum absolute atomic E-state index is 14.1. The molecule has 0 amide bonds. The number of fused-ring (bicyclic) bond motifs is 1. The fourth-order valence-corrected chi connectivity index (χ4v) is 5.03. The van der Waals surface area contributed by atoms with Crippen molar-refractivity contribution >= 4 is 22.8 Å².